The third kappa shape index (κ3) is 5.32. The van der Waals surface area contributed by atoms with Crippen LogP contribution in [0.4, 0.5) is 17.1 Å². The van der Waals surface area contributed by atoms with E-state index in [2.05, 4.69) is 22.0 Å². The first-order chi connectivity index (χ1) is 21.3. The Bertz CT molecular complexity index is 1730. The van der Waals surface area contributed by atoms with Crippen LogP contribution in [0.2, 0.25) is 0 Å². The number of likely N-dealkylation sites (N-methyl/N-ethyl adjacent to an activating group) is 1. The van der Waals surface area contributed by atoms with Crippen molar-refractivity contribution in [3.8, 4) is 17.9 Å². The van der Waals surface area contributed by atoms with Crippen molar-refractivity contribution >= 4 is 34.0 Å². The fourth-order valence-electron chi connectivity index (χ4n) is 6.61. The zero-order valence-electron chi connectivity index (χ0n) is 25.2. The lowest BCUT2D eigenvalue weighted by molar-refractivity contribution is -0.120. The number of aryl methyl sites for hydroxylation is 1. The van der Waals surface area contributed by atoms with Gasteiger partial charge >= 0.3 is 0 Å². The maximum absolute atomic E-state index is 13.2. The van der Waals surface area contributed by atoms with Crippen LogP contribution < -0.4 is 25.0 Å². The summed E-state index contributed by atoms with van der Waals surface area (Å²) >= 11 is 0. The number of amides is 1. The number of carbonyl (C=O) groups excluding carboxylic acids is 1. The normalized spacial score (nSPS) is 21.6. The molecule has 2 aromatic heterocycles. The summed E-state index contributed by atoms with van der Waals surface area (Å²) in [6, 6.07) is 13.7. The highest BCUT2D eigenvalue weighted by Crippen LogP contribution is 2.39. The number of nitriles is 2. The summed E-state index contributed by atoms with van der Waals surface area (Å²) in [5, 5.41) is 19.5. The van der Waals surface area contributed by atoms with Crippen molar-refractivity contribution in [2.24, 2.45) is 7.05 Å². The predicted octanol–water partition coefficient (Wildman–Crippen LogP) is 2.70. The number of benzene rings is 1. The topological polar surface area (TPSA) is 137 Å². The van der Waals surface area contributed by atoms with Crippen molar-refractivity contribution in [2.75, 3.05) is 61.8 Å². The molecule has 12 nitrogen and oxygen atoms in total. The lowest BCUT2D eigenvalue weighted by Gasteiger charge is -2.43. The Labute approximate surface area is 255 Å². The summed E-state index contributed by atoms with van der Waals surface area (Å²) in [5.74, 6) is 0.589. The number of anilines is 3. The monoisotopic (exact) mass is 597 g/mol. The van der Waals surface area contributed by atoms with Gasteiger partial charge in [0.15, 0.2) is 6.61 Å². The third-order valence-corrected chi connectivity index (χ3v) is 9.09. The molecule has 1 saturated heterocycles. The summed E-state index contributed by atoms with van der Waals surface area (Å²) < 4.78 is 18.8. The van der Waals surface area contributed by atoms with Gasteiger partial charge in [-0.25, -0.2) is 4.98 Å². The molecule has 1 unspecified atom stereocenters. The highest BCUT2D eigenvalue weighted by Gasteiger charge is 2.33. The number of fused-ring (bicyclic) bond motifs is 2. The summed E-state index contributed by atoms with van der Waals surface area (Å²) in [5.41, 5.74) is 3.11. The van der Waals surface area contributed by atoms with Gasteiger partial charge in [0.05, 0.1) is 42.8 Å². The van der Waals surface area contributed by atoms with E-state index in [-0.39, 0.29) is 47.5 Å². The number of hydrogen-bond acceptors (Lipinski definition) is 10. The van der Waals surface area contributed by atoms with Crippen LogP contribution >= 0.6 is 0 Å². The van der Waals surface area contributed by atoms with Crippen LogP contribution in [0.1, 0.15) is 36.9 Å². The van der Waals surface area contributed by atoms with Gasteiger partial charge in [-0.15, -0.1) is 0 Å². The molecular weight excluding hydrogens is 562 g/mol. The van der Waals surface area contributed by atoms with Gasteiger partial charge in [-0.1, -0.05) is 0 Å². The largest absolute Gasteiger partial charge is 0.482 e. The first kappa shape index (κ1) is 29.4. The number of pyridine rings is 2. The summed E-state index contributed by atoms with van der Waals surface area (Å²) in [7, 11) is 5.29. The number of nitrogens with zero attached hydrogens (tertiary/aromatic N) is 7. The van der Waals surface area contributed by atoms with Gasteiger partial charge in [0.2, 0.25) is 0 Å². The second-order valence-corrected chi connectivity index (χ2v) is 11.6. The fourth-order valence-corrected chi connectivity index (χ4v) is 6.61. The van der Waals surface area contributed by atoms with E-state index in [4.69, 9.17) is 14.2 Å². The van der Waals surface area contributed by atoms with E-state index in [0.29, 0.717) is 48.8 Å². The molecule has 3 aromatic rings. The number of aromatic nitrogens is 2. The van der Waals surface area contributed by atoms with Gasteiger partial charge in [0, 0.05) is 45.5 Å². The summed E-state index contributed by atoms with van der Waals surface area (Å²) in [4.78, 5) is 36.1. The van der Waals surface area contributed by atoms with Crippen LogP contribution in [-0.4, -0.2) is 80.7 Å². The SMILES string of the molecule is CN1C(=O)COc2ccc(N(CC3COCCO3)C3CCC(N(C)c4c(C#N)c(=O)n(C)c5ccc(C#N)nc45)CC3)cc21. The van der Waals surface area contributed by atoms with Crippen molar-refractivity contribution in [2.45, 2.75) is 43.9 Å². The third-order valence-electron chi connectivity index (χ3n) is 9.09. The highest BCUT2D eigenvalue weighted by molar-refractivity contribution is 5.98. The standard InChI is InChI=1S/C32H35N7O5/c1-36(31-25(16-34)32(41)38(3)26-10-4-20(15-33)35-30(26)31)21-5-7-22(8-6-21)39(17-24-18-42-12-13-43-24)23-9-11-28-27(14-23)37(2)29(40)19-44-28/h4,9-11,14,21-22,24H,5-8,12-13,17-19H2,1-3H3. The fraction of sp³-hybridized carbons (Fsp3) is 0.469. The average Bonchev–Trinajstić information content (AvgIpc) is 3.06. The number of ether oxygens (including phenoxy) is 3. The van der Waals surface area contributed by atoms with Crippen LogP contribution in [-0.2, 0) is 21.3 Å². The summed E-state index contributed by atoms with van der Waals surface area (Å²) in [6.45, 7) is 2.33. The lowest BCUT2D eigenvalue weighted by Crippen LogP contribution is -2.48. The molecule has 0 N–H and O–H groups in total. The Balaban J connectivity index is 1.28. The maximum atomic E-state index is 13.2. The zero-order valence-corrected chi connectivity index (χ0v) is 25.2. The van der Waals surface area contributed by atoms with Crippen molar-refractivity contribution in [1.82, 2.24) is 9.55 Å². The molecule has 1 atom stereocenters. The predicted molar refractivity (Wildman–Crippen MR) is 164 cm³/mol. The minimum Gasteiger partial charge on any atom is -0.482 e. The molecule has 12 heteroatoms. The Kier molecular flexibility index (Phi) is 8.13. The minimum absolute atomic E-state index is 0.0261. The number of hydrogen-bond donors (Lipinski definition) is 0. The number of carbonyl (C=O) groups is 1. The smallest absolute Gasteiger partial charge is 0.270 e. The van der Waals surface area contributed by atoms with Gasteiger partial charge in [-0.2, -0.15) is 10.5 Å². The Morgan fingerprint density at radius 1 is 1.02 bits per heavy atom. The van der Waals surface area contributed by atoms with Crippen molar-refractivity contribution < 1.29 is 19.0 Å². The Morgan fingerprint density at radius 3 is 2.50 bits per heavy atom. The molecule has 6 rings (SSSR count). The zero-order chi connectivity index (χ0) is 31.0. The molecule has 3 aliphatic rings. The van der Waals surface area contributed by atoms with Crippen molar-refractivity contribution in [1.29, 1.82) is 10.5 Å². The van der Waals surface area contributed by atoms with E-state index in [9.17, 15) is 20.1 Å². The van der Waals surface area contributed by atoms with Gasteiger partial charge in [0.1, 0.15) is 34.7 Å². The molecule has 1 saturated carbocycles. The molecule has 1 aliphatic carbocycles. The van der Waals surface area contributed by atoms with Gasteiger partial charge in [0.25, 0.3) is 11.5 Å². The van der Waals surface area contributed by atoms with E-state index in [1.807, 2.05) is 30.1 Å². The first-order valence-corrected chi connectivity index (χ1v) is 14.9. The average molecular weight is 598 g/mol. The van der Waals surface area contributed by atoms with Crippen LogP contribution in [0.5, 0.6) is 5.75 Å². The Morgan fingerprint density at radius 2 is 1.80 bits per heavy atom. The van der Waals surface area contributed by atoms with E-state index in [1.54, 1.807) is 31.1 Å². The lowest BCUT2D eigenvalue weighted by atomic mass is 9.88. The van der Waals surface area contributed by atoms with E-state index >= 15 is 0 Å². The van der Waals surface area contributed by atoms with Gasteiger partial charge in [-0.05, 0) is 56.0 Å². The van der Waals surface area contributed by atoms with Crippen molar-refractivity contribution in [3.63, 3.8) is 0 Å². The molecule has 228 valence electrons. The van der Waals surface area contributed by atoms with Crippen LogP contribution in [0.3, 0.4) is 0 Å². The highest BCUT2D eigenvalue weighted by atomic mass is 16.6. The molecule has 2 aliphatic heterocycles. The van der Waals surface area contributed by atoms with Crippen LogP contribution in [0.15, 0.2) is 35.1 Å². The van der Waals surface area contributed by atoms with Gasteiger partial charge < -0.3 is 33.5 Å². The number of rotatable bonds is 6. The molecule has 1 aromatic carbocycles. The van der Waals surface area contributed by atoms with E-state index in [0.717, 1.165) is 37.1 Å². The first-order valence-electron chi connectivity index (χ1n) is 14.9. The Hall–Kier alpha value is -4.65. The quantitative estimate of drug-likeness (QED) is 0.417. The minimum atomic E-state index is -0.386. The van der Waals surface area contributed by atoms with Gasteiger partial charge in [-0.3, -0.25) is 9.59 Å². The molecule has 44 heavy (non-hydrogen) atoms. The van der Waals surface area contributed by atoms with Crippen LogP contribution in [0, 0.1) is 22.7 Å². The molecule has 4 heterocycles. The molecule has 0 radical (unpaired) electrons. The molecule has 0 spiro atoms. The van der Waals surface area contributed by atoms with Crippen molar-refractivity contribution in [3.05, 3.63) is 51.9 Å². The second kappa shape index (κ2) is 12.2. The molecular formula is C32H35N7O5. The summed E-state index contributed by atoms with van der Waals surface area (Å²) in [6.07, 6.45) is 3.25. The van der Waals surface area contributed by atoms with Crippen LogP contribution in [0.25, 0.3) is 11.0 Å². The maximum Gasteiger partial charge on any atom is 0.270 e. The second-order valence-electron chi connectivity index (χ2n) is 11.6. The van der Waals surface area contributed by atoms with E-state index in [1.165, 1.54) is 4.57 Å². The molecule has 0 bridgehead atoms. The molecule has 2 fully saturated rings. The van der Waals surface area contributed by atoms with E-state index < -0.39 is 0 Å². The molecule has 1 amide bonds.